The minimum atomic E-state index is -0.556. The molecule has 2 aromatic heterocycles. The summed E-state index contributed by atoms with van der Waals surface area (Å²) in [5, 5.41) is 4.69. The normalized spacial score (nSPS) is 18.7. The number of thiazole rings is 1. The van der Waals surface area contributed by atoms with Crippen LogP contribution in [0.1, 0.15) is 58.0 Å². The smallest absolute Gasteiger partial charge is 0.411 e. The molecule has 0 aliphatic carbocycles. The van der Waals surface area contributed by atoms with Crippen LogP contribution in [0.25, 0.3) is 20.8 Å². The lowest BCUT2D eigenvalue weighted by Gasteiger charge is -2.39. The molecule has 2 atom stereocenters. The molecule has 0 saturated carbocycles. The third kappa shape index (κ3) is 4.19. The van der Waals surface area contributed by atoms with Gasteiger partial charge in [0.25, 0.3) is 0 Å². The van der Waals surface area contributed by atoms with Gasteiger partial charge in [0.2, 0.25) is 5.91 Å². The number of carbonyl (C=O) groups is 2. The van der Waals surface area contributed by atoms with Crippen molar-refractivity contribution in [1.29, 1.82) is 0 Å². The molecule has 2 amide bonds. The fraction of sp³-hybridized carbons (Fsp3) is 0.435. The second kappa shape index (κ2) is 7.91. The molecule has 0 fully saturated rings. The number of carbonyl (C=O) groups excluding carboxylic acids is 2. The maximum Gasteiger partial charge on any atom is 0.411 e. The lowest BCUT2D eigenvalue weighted by atomic mass is 9.93. The fourth-order valence-electron chi connectivity index (χ4n) is 4.03. The van der Waals surface area contributed by atoms with Crippen LogP contribution in [-0.2, 0) is 16.0 Å². The number of anilines is 1. The van der Waals surface area contributed by atoms with E-state index < -0.39 is 5.60 Å². The van der Waals surface area contributed by atoms with Crippen molar-refractivity contribution in [2.75, 3.05) is 5.32 Å². The molecule has 4 rings (SSSR count). The first-order chi connectivity index (χ1) is 14.5. The molecule has 31 heavy (non-hydrogen) atoms. The number of fused-ring (bicyclic) bond motifs is 2. The van der Waals surface area contributed by atoms with Crippen LogP contribution in [0.4, 0.5) is 9.80 Å². The topological polar surface area (TPSA) is 71.5 Å². The molecule has 1 aliphatic heterocycles. The first kappa shape index (κ1) is 21.8. The summed E-state index contributed by atoms with van der Waals surface area (Å²) in [6.07, 6.45) is 0.370. The summed E-state index contributed by atoms with van der Waals surface area (Å²) in [6.45, 7) is 11.2. The van der Waals surface area contributed by atoms with Gasteiger partial charge in [-0.2, -0.15) is 0 Å². The number of amides is 2. The van der Waals surface area contributed by atoms with Crippen LogP contribution in [0, 0.1) is 0 Å². The Bertz CT molecular complexity index is 1130. The summed E-state index contributed by atoms with van der Waals surface area (Å²) in [4.78, 5) is 32.6. The lowest BCUT2D eigenvalue weighted by Crippen LogP contribution is -2.46. The van der Waals surface area contributed by atoms with E-state index in [1.54, 1.807) is 11.3 Å². The van der Waals surface area contributed by atoms with Gasteiger partial charge in [0.1, 0.15) is 15.6 Å². The monoisotopic (exact) mass is 457 g/mol. The Kier molecular flexibility index (Phi) is 5.55. The summed E-state index contributed by atoms with van der Waals surface area (Å²) in [5.41, 5.74) is 2.54. The van der Waals surface area contributed by atoms with Gasteiger partial charge in [-0.3, -0.25) is 9.69 Å². The third-order valence-corrected chi connectivity index (χ3v) is 7.58. The van der Waals surface area contributed by atoms with Crippen molar-refractivity contribution < 1.29 is 14.3 Å². The first-order valence-electron chi connectivity index (χ1n) is 10.4. The van der Waals surface area contributed by atoms with Crippen LogP contribution in [0.15, 0.2) is 24.3 Å². The van der Waals surface area contributed by atoms with Gasteiger partial charge < -0.3 is 10.1 Å². The summed E-state index contributed by atoms with van der Waals surface area (Å²) in [6, 6.07) is 7.85. The Balaban J connectivity index is 1.81. The highest BCUT2D eigenvalue weighted by atomic mass is 32.1. The molecular formula is C23H27N3O3S2. The van der Waals surface area contributed by atoms with Crippen molar-refractivity contribution in [2.45, 2.75) is 65.6 Å². The third-order valence-electron chi connectivity index (χ3n) is 5.21. The molecule has 164 valence electrons. The van der Waals surface area contributed by atoms with E-state index in [2.05, 4.69) is 11.4 Å². The van der Waals surface area contributed by atoms with Crippen LogP contribution in [-0.4, -0.2) is 33.5 Å². The fourth-order valence-corrected chi connectivity index (χ4v) is 6.47. The molecule has 0 spiro atoms. The highest BCUT2D eigenvalue weighted by Crippen LogP contribution is 2.49. The summed E-state index contributed by atoms with van der Waals surface area (Å²) >= 11 is 3.16. The largest absolute Gasteiger partial charge is 0.444 e. The Morgan fingerprint density at radius 1 is 1.19 bits per heavy atom. The van der Waals surface area contributed by atoms with Crippen LogP contribution >= 0.6 is 22.7 Å². The second-order valence-corrected chi connectivity index (χ2v) is 11.0. The predicted molar refractivity (Wildman–Crippen MR) is 127 cm³/mol. The average Bonchev–Trinajstić information content (AvgIpc) is 3.20. The number of ether oxygens (including phenoxy) is 1. The maximum atomic E-state index is 12.9. The molecular weight excluding hydrogens is 430 g/mol. The van der Waals surface area contributed by atoms with Gasteiger partial charge in [0.05, 0.1) is 16.3 Å². The molecule has 6 nitrogen and oxygen atoms in total. The summed E-state index contributed by atoms with van der Waals surface area (Å²) < 4.78 is 6.78. The average molecular weight is 458 g/mol. The Morgan fingerprint density at radius 3 is 2.55 bits per heavy atom. The van der Waals surface area contributed by atoms with Crippen molar-refractivity contribution >= 4 is 49.9 Å². The van der Waals surface area contributed by atoms with Crippen molar-refractivity contribution in [1.82, 2.24) is 9.88 Å². The van der Waals surface area contributed by atoms with Gasteiger partial charge in [-0.1, -0.05) is 12.1 Å². The van der Waals surface area contributed by atoms with Gasteiger partial charge in [-0.25, -0.2) is 9.78 Å². The molecule has 1 aromatic carbocycles. The van der Waals surface area contributed by atoms with Gasteiger partial charge in [0.15, 0.2) is 0 Å². The lowest BCUT2D eigenvalue weighted by molar-refractivity contribution is -0.114. The van der Waals surface area contributed by atoms with E-state index in [0.717, 1.165) is 36.2 Å². The van der Waals surface area contributed by atoms with Crippen molar-refractivity contribution in [2.24, 2.45) is 0 Å². The van der Waals surface area contributed by atoms with E-state index in [0.29, 0.717) is 6.42 Å². The zero-order valence-corrected chi connectivity index (χ0v) is 20.2. The molecule has 0 saturated heterocycles. The molecule has 8 heteroatoms. The quantitative estimate of drug-likeness (QED) is 0.495. The summed E-state index contributed by atoms with van der Waals surface area (Å²) in [5.74, 6) is -0.120. The number of thiophene rings is 1. The van der Waals surface area contributed by atoms with Crippen molar-refractivity contribution in [3.05, 3.63) is 34.7 Å². The van der Waals surface area contributed by atoms with Crippen LogP contribution in [0.3, 0.4) is 0 Å². The van der Waals surface area contributed by atoms with Crippen LogP contribution in [0.5, 0.6) is 0 Å². The number of aromatic nitrogens is 1. The van der Waals surface area contributed by atoms with Crippen molar-refractivity contribution in [3.63, 3.8) is 0 Å². The van der Waals surface area contributed by atoms with Crippen LogP contribution < -0.4 is 5.32 Å². The highest BCUT2D eigenvalue weighted by Gasteiger charge is 2.39. The molecule has 0 radical (unpaired) electrons. The Labute approximate surface area is 190 Å². The molecule has 2 unspecified atom stereocenters. The molecule has 3 aromatic rings. The maximum absolute atomic E-state index is 12.9. The van der Waals surface area contributed by atoms with Gasteiger partial charge in [-0.15, -0.1) is 22.7 Å². The molecule has 1 aliphatic rings. The zero-order valence-electron chi connectivity index (χ0n) is 18.6. The molecule has 1 N–H and O–H groups in total. The highest BCUT2D eigenvalue weighted by molar-refractivity contribution is 7.23. The SMILES string of the molecule is CC(=O)Nc1sc2c(c1-c1nc3ccccc3s1)CC(C)N(C(=O)OC(C)(C)C)C2C. The van der Waals surface area contributed by atoms with Crippen LogP contribution in [0.2, 0.25) is 0 Å². The minimum Gasteiger partial charge on any atom is -0.444 e. The second-order valence-electron chi connectivity index (χ2n) is 8.93. The zero-order chi connectivity index (χ0) is 22.5. The standard InChI is InChI=1S/C23H27N3O3S2/c1-12-11-15-18(21-25-16-9-7-8-10-17(16)30-21)20(24-14(3)27)31-19(15)13(2)26(12)22(28)29-23(4,5)6/h7-10,12-13H,11H2,1-6H3,(H,24,27). The number of rotatable bonds is 2. The molecule has 3 heterocycles. The van der Waals surface area contributed by atoms with E-state index in [1.807, 2.05) is 57.7 Å². The predicted octanol–water partition coefficient (Wildman–Crippen LogP) is 6.23. The number of benzene rings is 1. The molecule has 0 bridgehead atoms. The minimum absolute atomic E-state index is 0.0368. The van der Waals surface area contributed by atoms with E-state index in [4.69, 9.17) is 9.72 Å². The van der Waals surface area contributed by atoms with E-state index in [-0.39, 0.29) is 24.1 Å². The van der Waals surface area contributed by atoms with Crippen molar-refractivity contribution in [3.8, 4) is 10.6 Å². The number of nitrogens with zero attached hydrogens (tertiary/aromatic N) is 2. The number of para-hydroxylation sites is 1. The van der Waals surface area contributed by atoms with E-state index in [9.17, 15) is 9.59 Å². The first-order valence-corrected chi connectivity index (χ1v) is 12.0. The number of hydrogen-bond acceptors (Lipinski definition) is 6. The Morgan fingerprint density at radius 2 is 1.90 bits per heavy atom. The Hall–Kier alpha value is -2.45. The van der Waals surface area contributed by atoms with Gasteiger partial charge >= 0.3 is 6.09 Å². The van der Waals surface area contributed by atoms with Gasteiger partial charge in [-0.05, 0) is 58.7 Å². The summed E-state index contributed by atoms with van der Waals surface area (Å²) in [7, 11) is 0. The number of hydrogen-bond donors (Lipinski definition) is 1. The van der Waals surface area contributed by atoms with E-state index in [1.165, 1.54) is 18.3 Å². The van der Waals surface area contributed by atoms with Gasteiger partial charge in [0, 0.05) is 23.4 Å². The number of nitrogens with one attached hydrogen (secondary N) is 1. The van der Waals surface area contributed by atoms with E-state index >= 15 is 0 Å².